The lowest BCUT2D eigenvalue weighted by molar-refractivity contribution is -0.140. The Labute approximate surface area is 142 Å². The Morgan fingerprint density at radius 2 is 2.04 bits per heavy atom. The zero-order valence-electron chi connectivity index (χ0n) is 14.3. The number of ether oxygens (including phenoxy) is 1. The van der Waals surface area contributed by atoms with Crippen LogP contribution in [-0.2, 0) is 9.59 Å². The van der Waals surface area contributed by atoms with Gasteiger partial charge in [0.1, 0.15) is 5.75 Å². The molecular formula is C19H25NO4. The third-order valence-corrected chi connectivity index (χ3v) is 5.49. The van der Waals surface area contributed by atoms with E-state index in [0.717, 1.165) is 25.0 Å². The maximum Gasteiger partial charge on any atom is 0.307 e. The lowest BCUT2D eigenvalue weighted by Crippen LogP contribution is -2.42. The second-order valence-corrected chi connectivity index (χ2v) is 7.35. The number of nitrogens with zero attached hydrogens (tertiary/aromatic N) is 1. The highest BCUT2D eigenvalue weighted by molar-refractivity contribution is 5.78. The van der Waals surface area contributed by atoms with Crippen molar-refractivity contribution in [3.63, 3.8) is 0 Å². The Morgan fingerprint density at radius 1 is 1.33 bits per heavy atom. The maximum absolute atomic E-state index is 12.3. The standard InChI is InChI=1S/C19H25NO4/c1-13(2)14-4-3-5-15(10-14)24-12-17(21)20-8-6-19(7-9-20)11-16(19)18(22)23/h3-5,10,13,16H,6-9,11-12H2,1-2H3,(H,22,23). The van der Waals surface area contributed by atoms with Crippen LogP contribution in [0.2, 0.25) is 0 Å². The summed E-state index contributed by atoms with van der Waals surface area (Å²) < 4.78 is 5.65. The molecule has 130 valence electrons. The minimum absolute atomic E-state index is 0.0210. The van der Waals surface area contributed by atoms with E-state index < -0.39 is 5.97 Å². The molecule has 1 aromatic carbocycles. The first-order chi connectivity index (χ1) is 11.4. The summed E-state index contributed by atoms with van der Waals surface area (Å²) in [7, 11) is 0. The molecule has 1 N–H and O–H groups in total. The molecule has 1 aromatic rings. The van der Waals surface area contributed by atoms with E-state index in [1.807, 2.05) is 18.2 Å². The van der Waals surface area contributed by atoms with Gasteiger partial charge in [0.25, 0.3) is 5.91 Å². The highest BCUT2D eigenvalue weighted by atomic mass is 16.5. The highest BCUT2D eigenvalue weighted by Gasteiger charge is 2.59. The number of amides is 1. The minimum Gasteiger partial charge on any atom is -0.484 e. The van der Waals surface area contributed by atoms with Crippen molar-refractivity contribution < 1.29 is 19.4 Å². The van der Waals surface area contributed by atoms with E-state index in [-0.39, 0.29) is 23.8 Å². The average Bonchev–Trinajstić information content (AvgIpc) is 3.27. The van der Waals surface area contributed by atoms with Gasteiger partial charge >= 0.3 is 5.97 Å². The molecule has 5 nitrogen and oxygen atoms in total. The number of hydrogen-bond acceptors (Lipinski definition) is 3. The third-order valence-electron chi connectivity index (χ3n) is 5.49. The Balaban J connectivity index is 1.48. The van der Waals surface area contributed by atoms with Crippen LogP contribution in [0.1, 0.15) is 44.6 Å². The van der Waals surface area contributed by atoms with Gasteiger partial charge in [0, 0.05) is 13.1 Å². The molecule has 1 atom stereocenters. The zero-order chi connectivity index (χ0) is 17.3. The fraction of sp³-hybridized carbons (Fsp3) is 0.579. The number of carboxylic acid groups (broad SMARTS) is 1. The van der Waals surface area contributed by atoms with Crippen molar-refractivity contribution in [2.45, 2.75) is 39.0 Å². The van der Waals surface area contributed by atoms with Crippen LogP contribution >= 0.6 is 0 Å². The second-order valence-electron chi connectivity index (χ2n) is 7.35. The van der Waals surface area contributed by atoms with Crippen molar-refractivity contribution in [1.82, 2.24) is 4.90 Å². The van der Waals surface area contributed by atoms with E-state index in [0.29, 0.717) is 19.0 Å². The van der Waals surface area contributed by atoms with Gasteiger partial charge in [-0.3, -0.25) is 9.59 Å². The van der Waals surface area contributed by atoms with Crippen molar-refractivity contribution in [2.24, 2.45) is 11.3 Å². The molecule has 3 rings (SSSR count). The average molecular weight is 331 g/mol. The molecule has 1 unspecified atom stereocenters. The molecule has 0 radical (unpaired) electrons. The Morgan fingerprint density at radius 3 is 2.62 bits per heavy atom. The summed E-state index contributed by atoms with van der Waals surface area (Å²) in [6.07, 6.45) is 2.35. The van der Waals surface area contributed by atoms with Crippen molar-refractivity contribution in [2.75, 3.05) is 19.7 Å². The number of carbonyl (C=O) groups excluding carboxylic acids is 1. The van der Waals surface area contributed by atoms with E-state index in [2.05, 4.69) is 19.9 Å². The molecule has 24 heavy (non-hydrogen) atoms. The normalized spacial score (nSPS) is 21.8. The molecule has 0 aromatic heterocycles. The molecule has 1 aliphatic carbocycles. The van der Waals surface area contributed by atoms with E-state index in [1.54, 1.807) is 4.90 Å². The molecule has 5 heteroatoms. The number of carbonyl (C=O) groups is 2. The van der Waals surface area contributed by atoms with Crippen LogP contribution in [0.5, 0.6) is 5.75 Å². The van der Waals surface area contributed by atoms with E-state index in [1.165, 1.54) is 5.56 Å². The lowest BCUT2D eigenvalue weighted by Gasteiger charge is -2.32. The number of aliphatic carboxylic acids is 1. The fourth-order valence-electron chi connectivity index (χ4n) is 3.65. The van der Waals surface area contributed by atoms with E-state index >= 15 is 0 Å². The molecule has 1 aliphatic heterocycles. The SMILES string of the molecule is CC(C)c1cccc(OCC(=O)N2CCC3(CC2)CC3C(=O)O)c1. The van der Waals surface area contributed by atoms with Crippen molar-refractivity contribution in [1.29, 1.82) is 0 Å². The van der Waals surface area contributed by atoms with Gasteiger partial charge in [-0.15, -0.1) is 0 Å². The van der Waals surface area contributed by atoms with Crippen molar-refractivity contribution in [3.8, 4) is 5.75 Å². The Hall–Kier alpha value is -2.04. The van der Waals surface area contributed by atoms with Crippen LogP contribution in [0.25, 0.3) is 0 Å². The van der Waals surface area contributed by atoms with Crippen LogP contribution in [-0.4, -0.2) is 41.6 Å². The molecular weight excluding hydrogens is 306 g/mol. The smallest absolute Gasteiger partial charge is 0.307 e. The predicted octanol–water partition coefficient (Wildman–Crippen LogP) is 2.90. The second kappa shape index (κ2) is 6.46. The van der Waals surface area contributed by atoms with Crippen LogP contribution < -0.4 is 4.74 Å². The summed E-state index contributed by atoms with van der Waals surface area (Å²) in [6, 6.07) is 7.84. The van der Waals surface area contributed by atoms with Crippen LogP contribution in [0, 0.1) is 11.3 Å². The van der Waals surface area contributed by atoms with Crippen LogP contribution in [0.3, 0.4) is 0 Å². The number of piperidine rings is 1. The predicted molar refractivity (Wildman–Crippen MR) is 90.0 cm³/mol. The quantitative estimate of drug-likeness (QED) is 0.901. The Kier molecular flexibility index (Phi) is 4.52. The number of carboxylic acids is 1. The van der Waals surface area contributed by atoms with Gasteiger partial charge in [0.15, 0.2) is 6.61 Å². The summed E-state index contributed by atoms with van der Waals surface area (Å²) in [4.78, 5) is 25.2. The monoisotopic (exact) mass is 331 g/mol. The van der Waals surface area contributed by atoms with Gasteiger partial charge in [-0.25, -0.2) is 0 Å². The van der Waals surface area contributed by atoms with Gasteiger partial charge in [-0.05, 0) is 48.3 Å². The summed E-state index contributed by atoms with van der Waals surface area (Å²) >= 11 is 0. The first-order valence-electron chi connectivity index (χ1n) is 8.65. The van der Waals surface area contributed by atoms with Gasteiger partial charge in [-0.1, -0.05) is 26.0 Å². The first kappa shape index (κ1) is 16.8. The van der Waals surface area contributed by atoms with Crippen LogP contribution in [0.15, 0.2) is 24.3 Å². The molecule has 1 amide bonds. The molecule has 2 fully saturated rings. The molecule has 1 heterocycles. The van der Waals surface area contributed by atoms with E-state index in [4.69, 9.17) is 9.84 Å². The lowest BCUT2D eigenvalue weighted by atomic mass is 9.91. The van der Waals surface area contributed by atoms with Crippen LogP contribution in [0.4, 0.5) is 0 Å². The highest BCUT2D eigenvalue weighted by Crippen LogP contribution is 2.59. The first-order valence-corrected chi connectivity index (χ1v) is 8.65. The summed E-state index contributed by atoms with van der Waals surface area (Å²) in [5.74, 6) is 0.222. The third kappa shape index (κ3) is 3.40. The summed E-state index contributed by atoms with van der Waals surface area (Å²) in [5.41, 5.74) is 1.14. The largest absolute Gasteiger partial charge is 0.484 e. The molecule has 2 aliphatic rings. The van der Waals surface area contributed by atoms with Gasteiger partial charge in [-0.2, -0.15) is 0 Å². The summed E-state index contributed by atoms with van der Waals surface area (Å²) in [6.45, 7) is 5.55. The number of likely N-dealkylation sites (tertiary alicyclic amines) is 1. The topological polar surface area (TPSA) is 66.8 Å². The van der Waals surface area contributed by atoms with Crippen molar-refractivity contribution >= 4 is 11.9 Å². The number of hydrogen-bond donors (Lipinski definition) is 1. The zero-order valence-corrected chi connectivity index (χ0v) is 14.3. The van der Waals surface area contributed by atoms with Gasteiger partial charge in [0.2, 0.25) is 0 Å². The molecule has 1 saturated carbocycles. The Bertz CT molecular complexity index is 632. The molecule has 1 saturated heterocycles. The fourth-order valence-corrected chi connectivity index (χ4v) is 3.65. The van der Waals surface area contributed by atoms with E-state index in [9.17, 15) is 9.59 Å². The number of rotatable bonds is 5. The maximum atomic E-state index is 12.3. The van der Waals surface area contributed by atoms with Gasteiger partial charge in [0.05, 0.1) is 5.92 Å². The molecule has 1 spiro atoms. The minimum atomic E-state index is -0.692. The molecule has 0 bridgehead atoms. The summed E-state index contributed by atoms with van der Waals surface area (Å²) in [5, 5.41) is 9.12. The number of benzene rings is 1. The van der Waals surface area contributed by atoms with Gasteiger partial charge < -0.3 is 14.7 Å². The van der Waals surface area contributed by atoms with Crippen molar-refractivity contribution in [3.05, 3.63) is 29.8 Å².